The average molecular weight is 513 g/mol. The van der Waals surface area contributed by atoms with Crippen LogP contribution in [-0.2, 0) is 11.8 Å². The first-order chi connectivity index (χ1) is 18.5. The summed E-state index contributed by atoms with van der Waals surface area (Å²) in [4.78, 5) is 38.6. The van der Waals surface area contributed by atoms with E-state index in [1.165, 1.54) is 12.4 Å². The number of nitrogens with one attached hydrogen (secondary N) is 1. The summed E-state index contributed by atoms with van der Waals surface area (Å²) < 4.78 is 20.9. The molecule has 4 aromatic rings. The van der Waals surface area contributed by atoms with Gasteiger partial charge in [-0.3, -0.25) is 9.59 Å². The molecule has 9 nitrogen and oxygen atoms in total. The van der Waals surface area contributed by atoms with E-state index in [4.69, 9.17) is 4.74 Å². The fraction of sp³-hybridized carbons (Fsp3) is 0.214. The van der Waals surface area contributed by atoms with Crippen LogP contribution >= 0.6 is 0 Å². The first-order valence-corrected chi connectivity index (χ1v) is 12.3. The SMILES string of the molecule is Cn1ccc(-c2ccccc2)c1C(=O)C(=O)Nc1ccc2c(c1)OC[C@@H]1CN(c3ncc(F)cn3)CCN21. The summed E-state index contributed by atoms with van der Waals surface area (Å²) in [5, 5.41) is 2.74. The number of fused-ring (bicyclic) bond motifs is 3. The van der Waals surface area contributed by atoms with Gasteiger partial charge in [-0.05, 0) is 23.8 Å². The number of nitrogens with zero attached hydrogens (tertiary/aromatic N) is 5. The Labute approximate surface area is 218 Å². The first kappa shape index (κ1) is 23.7. The van der Waals surface area contributed by atoms with Crippen molar-refractivity contribution in [1.29, 1.82) is 0 Å². The van der Waals surface area contributed by atoms with Gasteiger partial charge in [-0.1, -0.05) is 30.3 Å². The fourth-order valence-corrected chi connectivity index (χ4v) is 5.05. The van der Waals surface area contributed by atoms with Crippen LogP contribution in [0.25, 0.3) is 11.1 Å². The second-order valence-electron chi connectivity index (χ2n) is 9.33. The molecule has 0 aliphatic carbocycles. The van der Waals surface area contributed by atoms with Gasteiger partial charge in [0.05, 0.1) is 24.1 Å². The molecule has 1 N–H and O–H groups in total. The zero-order valence-electron chi connectivity index (χ0n) is 20.7. The van der Waals surface area contributed by atoms with Gasteiger partial charge >= 0.3 is 0 Å². The number of carbonyl (C=O) groups excluding carboxylic acids is 2. The highest BCUT2D eigenvalue weighted by Gasteiger charge is 2.34. The monoisotopic (exact) mass is 512 g/mol. The van der Waals surface area contributed by atoms with E-state index in [1.807, 2.05) is 47.4 Å². The Hall–Kier alpha value is -4.73. The van der Waals surface area contributed by atoms with Gasteiger partial charge in [-0.15, -0.1) is 0 Å². The Morgan fingerprint density at radius 2 is 1.84 bits per heavy atom. The van der Waals surface area contributed by atoms with Crippen LogP contribution in [0.15, 0.2) is 73.2 Å². The van der Waals surface area contributed by atoms with E-state index in [2.05, 4.69) is 20.2 Å². The molecule has 0 unspecified atom stereocenters. The summed E-state index contributed by atoms with van der Waals surface area (Å²) >= 11 is 0. The second kappa shape index (κ2) is 9.62. The van der Waals surface area contributed by atoms with Crippen molar-refractivity contribution in [2.75, 3.05) is 41.4 Å². The van der Waals surface area contributed by atoms with Gasteiger partial charge in [0.2, 0.25) is 5.95 Å². The highest BCUT2D eigenvalue weighted by Crippen LogP contribution is 2.37. The van der Waals surface area contributed by atoms with Crippen molar-refractivity contribution in [3.63, 3.8) is 0 Å². The quantitative estimate of drug-likeness (QED) is 0.323. The molecule has 0 spiro atoms. The van der Waals surface area contributed by atoms with E-state index < -0.39 is 17.5 Å². The van der Waals surface area contributed by atoms with E-state index in [0.29, 0.717) is 54.9 Å². The van der Waals surface area contributed by atoms with Crippen LogP contribution in [0, 0.1) is 5.82 Å². The summed E-state index contributed by atoms with van der Waals surface area (Å²) in [7, 11) is 1.75. The molecule has 38 heavy (non-hydrogen) atoms. The molecule has 0 saturated carbocycles. The van der Waals surface area contributed by atoms with Gasteiger partial charge in [0.1, 0.15) is 18.1 Å². The van der Waals surface area contributed by atoms with Crippen LogP contribution in [0.3, 0.4) is 0 Å². The molecule has 10 heteroatoms. The van der Waals surface area contributed by atoms with Crippen molar-refractivity contribution < 1.29 is 18.7 Å². The van der Waals surface area contributed by atoms with Crippen LogP contribution in [0.1, 0.15) is 10.5 Å². The number of rotatable bonds is 5. The molecule has 2 aromatic heterocycles. The molecule has 0 bridgehead atoms. The van der Waals surface area contributed by atoms with E-state index in [1.54, 1.807) is 29.9 Å². The van der Waals surface area contributed by atoms with E-state index >= 15 is 0 Å². The van der Waals surface area contributed by atoms with Crippen LogP contribution in [0.2, 0.25) is 0 Å². The lowest BCUT2D eigenvalue weighted by Crippen LogP contribution is -2.57. The third-order valence-electron chi connectivity index (χ3n) is 6.91. The third kappa shape index (κ3) is 4.34. The second-order valence-corrected chi connectivity index (χ2v) is 9.33. The van der Waals surface area contributed by atoms with Crippen LogP contribution in [0.4, 0.5) is 21.7 Å². The molecule has 2 aliphatic heterocycles. The molecule has 1 saturated heterocycles. The van der Waals surface area contributed by atoms with Crippen molar-refractivity contribution in [2.45, 2.75) is 6.04 Å². The normalized spacial score (nSPS) is 16.3. The summed E-state index contributed by atoms with van der Waals surface area (Å²) in [5.74, 6) is -0.665. The Morgan fingerprint density at radius 1 is 1.05 bits per heavy atom. The van der Waals surface area contributed by atoms with E-state index in [0.717, 1.165) is 11.3 Å². The van der Waals surface area contributed by atoms with Gasteiger partial charge in [0.15, 0.2) is 5.82 Å². The maximum atomic E-state index is 13.2. The highest BCUT2D eigenvalue weighted by molar-refractivity contribution is 6.47. The van der Waals surface area contributed by atoms with Crippen molar-refractivity contribution in [3.05, 3.63) is 84.7 Å². The van der Waals surface area contributed by atoms with Crippen LogP contribution < -0.4 is 19.9 Å². The smallest absolute Gasteiger partial charge is 0.298 e. The zero-order valence-corrected chi connectivity index (χ0v) is 20.7. The molecule has 1 fully saturated rings. The lowest BCUT2D eigenvalue weighted by molar-refractivity contribution is -0.112. The standard InChI is InChI=1S/C28H25FN6O3/c1-33-10-9-22(18-5-3-2-4-6-18)25(33)26(36)27(37)32-20-7-8-23-24(13-20)38-17-21-16-34(11-12-35(21)23)28-30-14-19(29)15-31-28/h2-10,13-15,21H,11-12,16-17H2,1H3,(H,32,37)/t21-/m0/s1. The topological polar surface area (TPSA) is 92.6 Å². The van der Waals surface area contributed by atoms with Gasteiger partial charge in [0, 0.05) is 50.2 Å². The summed E-state index contributed by atoms with van der Waals surface area (Å²) in [6.45, 7) is 2.46. The van der Waals surface area contributed by atoms with Gasteiger partial charge in [0.25, 0.3) is 11.7 Å². The molecular weight excluding hydrogens is 487 g/mol. The number of aryl methyl sites for hydroxylation is 1. The maximum absolute atomic E-state index is 13.2. The number of benzene rings is 2. The van der Waals surface area contributed by atoms with Crippen molar-refractivity contribution in [2.24, 2.45) is 7.05 Å². The van der Waals surface area contributed by atoms with Gasteiger partial charge in [-0.25, -0.2) is 14.4 Å². The number of hydrogen-bond acceptors (Lipinski definition) is 7. The molecule has 1 atom stereocenters. The fourth-order valence-electron chi connectivity index (χ4n) is 5.05. The summed E-state index contributed by atoms with van der Waals surface area (Å²) in [6.07, 6.45) is 4.11. The number of anilines is 3. The van der Waals surface area contributed by atoms with Gasteiger partial charge in [-0.2, -0.15) is 0 Å². The molecule has 2 aromatic carbocycles. The lowest BCUT2D eigenvalue weighted by Gasteiger charge is -2.45. The number of ether oxygens (including phenoxy) is 1. The van der Waals surface area contributed by atoms with Crippen LogP contribution in [-0.4, -0.2) is 58.5 Å². The predicted molar refractivity (Wildman–Crippen MR) is 141 cm³/mol. The van der Waals surface area contributed by atoms with Crippen molar-refractivity contribution >= 4 is 29.0 Å². The van der Waals surface area contributed by atoms with E-state index in [9.17, 15) is 14.0 Å². The average Bonchev–Trinajstić information content (AvgIpc) is 3.34. The minimum absolute atomic E-state index is 0.0701. The van der Waals surface area contributed by atoms with Crippen molar-refractivity contribution in [3.8, 4) is 16.9 Å². The third-order valence-corrected chi connectivity index (χ3v) is 6.91. The molecule has 1 amide bonds. The number of ketones is 1. The van der Waals surface area contributed by atoms with E-state index in [-0.39, 0.29) is 6.04 Å². The minimum atomic E-state index is -0.717. The maximum Gasteiger partial charge on any atom is 0.298 e. The zero-order chi connectivity index (χ0) is 26.2. The molecule has 4 heterocycles. The molecule has 192 valence electrons. The predicted octanol–water partition coefficient (Wildman–Crippen LogP) is 3.53. The number of halogens is 1. The van der Waals surface area contributed by atoms with Crippen molar-refractivity contribution in [1.82, 2.24) is 14.5 Å². The molecular formula is C28H25FN6O3. The summed E-state index contributed by atoms with van der Waals surface area (Å²) in [6, 6.07) is 16.8. The Bertz CT molecular complexity index is 1510. The Morgan fingerprint density at radius 3 is 2.63 bits per heavy atom. The Kier molecular flexibility index (Phi) is 5.99. The van der Waals surface area contributed by atoms with Gasteiger partial charge < -0.3 is 24.4 Å². The number of hydrogen-bond donors (Lipinski definition) is 1. The van der Waals surface area contributed by atoms with Crippen LogP contribution in [0.5, 0.6) is 5.75 Å². The number of piperazine rings is 1. The lowest BCUT2D eigenvalue weighted by atomic mass is 10.0. The number of amides is 1. The number of carbonyl (C=O) groups is 2. The highest BCUT2D eigenvalue weighted by atomic mass is 19.1. The minimum Gasteiger partial charge on any atom is -0.489 e. The molecule has 0 radical (unpaired) electrons. The molecule has 6 rings (SSSR count). The number of aromatic nitrogens is 3. The largest absolute Gasteiger partial charge is 0.489 e. The molecule has 2 aliphatic rings. The summed E-state index contributed by atoms with van der Waals surface area (Å²) in [5.41, 5.74) is 3.30. The Balaban J connectivity index is 1.16. The first-order valence-electron chi connectivity index (χ1n) is 12.3. The number of Topliss-reactive ketones (excluding diaryl/α,β-unsaturated/α-hetero) is 1.